The molecular formula is C137H86N12. The topological polar surface area (TPSA) is 107 Å². The first-order valence-electron chi connectivity index (χ1n) is 51.0. The molecule has 0 saturated heterocycles. The van der Waals surface area contributed by atoms with Gasteiger partial charge >= 0.3 is 0 Å². The Bertz CT molecular complexity index is 11300. The van der Waals surface area contributed by atoms with Crippen LogP contribution in [-0.2, 0) is 5.41 Å². The normalized spacial score (nSPS) is 12.6. The fourth-order valence-electron chi connectivity index (χ4n) is 24.9. The maximum atomic E-state index is 5.49. The SMILES string of the molecule is CC1(C)c2ccccc2-c2ccc(-c3nc(-n4c5ccccc5c5c6cc(-n7c8ccccc8c8ccccc87)ccc6ccc54)nc4ccccc34)cc21.c1ccc(-c2nc(-n3c4ccccc4c4c5cc(-n6c7ccccc7c7c8ccccc8ccc76)ccc5ccc43)nc3ccccc23)cc1.c1ccc2nc(-n3c4ccccc4c4c5cc(-n6c7ccccc7c7c8ccccc8ccc76)ccc5ccc43)ncc2c1. The second-order valence-electron chi connectivity index (χ2n) is 39.9. The predicted octanol–water partition coefficient (Wildman–Crippen LogP) is 34.9. The van der Waals surface area contributed by atoms with Gasteiger partial charge in [-0.05, 0) is 210 Å². The second kappa shape index (κ2) is 32.6. The highest BCUT2D eigenvalue weighted by atomic mass is 15.2. The van der Waals surface area contributed by atoms with Gasteiger partial charge in [-0.1, -0.05) is 360 Å². The van der Waals surface area contributed by atoms with Crippen LogP contribution in [0, 0.1) is 0 Å². The molecule has 0 N–H and O–H groups in total. The Morgan fingerprint density at radius 3 is 0.913 bits per heavy atom. The van der Waals surface area contributed by atoms with E-state index in [1.165, 1.54) is 174 Å². The van der Waals surface area contributed by atoms with Crippen LogP contribution in [0.15, 0.2) is 485 Å². The molecule has 0 bridgehead atoms. The van der Waals surface area contributed by atoms with Crippen LogP contribution in [0.25, 0.3) is 286 Å². The van der Waals surface area contributed by atoms with E-state index in [1.54, 1.807) is 0 Å². The van der Waals surface area contributed by atoms with Crippen molar-refractivity contribution < 1.29 is 0 Å². The number of aromatic nitrogens is 12. The van der Waals surface area contributed by atoms with Crippen LogP contribution in [-0.4, -0.2) is 57.3 Å². The van der Waals surface area contributed by atoms with Crippen LogP contribution in [0.4, 0.5) is 0 Å². The van der Waals surface area contributed by atoms with Gasteiger partial charge in [-0.2, -0.15) is 0 Å². The van der Waals surface area contributed by atoms with Crippen LogP contribution in [0.1, 0.15) is 25.0 Å². The molecule has 0 spiro atoms. The van der Waals surface area contributed by atoms with E-state index in [0.717, 1.165) is 105 Å². The fourth-order valence-corrected chi connectivity index (χ4v) is 24.9. The zero-order valence-electron chi connectivity index (χ0n) is 81.1. The number of rotatable bonds is 8. The Hall–Kier alpha value is -19.8. The molecule has 23 aromatic carbocycles. The van der Waals surface area contributed by atoms with E-state index in [-0.39, 0.29) is 5.41 Å². The molecule has 12 nitrogen and oxygen atoms in total. The number of benzene rings is 23. The van der Waals surface area contributed by atoms with E-state index in [0.29, 0.717) is 17.8 Å². The minimum Gasteiger partial charge on any atom is -0.309 e. The largest absolute Gasteiger partial charge is 0.309 e. The van der Waals surface area contributed by atoms with E-state index in [4.69, 9.17) is 29.9 Å². The van der Waals surface area contributed by atoms with Crippen LogP contribution in [0.3, 0.4) is 0 Å². The van der Waals surface area contributed by atoms with Gasteiger partial charge < -0.3 is 13.7 Å². The van der Waals surface area contributed by atoms with Crippen molar-refractivity contribution in [2.24, 2.45) is 0 Å². The Labute approximate surface area is 853 Å². The van der Waals surface area contributed by atoms with Crippen LogP contribution < -0.4 is 0 Å². The highest BCUT2D eigenvalue weighted by molar-refractivity contribution is 6.28. The molecule has 0 fully saturated rings. The Morgan fingerprint density at radius 2 is 0.470 bits per heavy atom. The fraction of sp³-hybridized carbons (Fsp3) is 0.0219. The Balaban J connectivity index is 0.000000101. The van der Waals surface area contributed by atoms with Gasteiger partial charge in [0.2, 0.25) is 17.8 Å². The molecule has 1 aliphatic carbocycles. The molecule has 12 heteroatoms. The summed E-state index contributed by atoms with van der Waals surface area (Å²) in [6, 6.07) is 172. The van der Waals surface area contributed by atoms with Crippen molar-refractivity contribution >= 4 is 217 Å². The third-order valence-electron chi connectivity index (χ3n) is 31.6. The molecule has 0 saturated carbocycles. The summed E-state index contributed by atoms with van der Waals surface area (Å²) in [4.78, 5) is 31.1. The molecule has 32 aromatic rings. The van der Waals surface area contributed by atoms with E-state index in [2.05, 4.69) is 490 Å². The molecule has 1 aliphatic rings. The Morgan fingerprint density at radius 1 is 0.174 bits per heavy atom. The molecule has 0 amide bonds. The maximum Gasteiger partial charge on any atom is 0.235 e. The molecule has 0 atom stereocenters. The third-order valence-corrected chi connectivity index (χ3v) is 31.6. The average molecular weight is 1900 g/mol. The first-order valence-corrected chi connectivity index (χ1v) is 51.0. The standard InChI is InChI=1S/C51H34N4.C46H28N4.C40H24N4/c1-51(2)41-18-8-3-13-34(41)35-27-24-32(29-42(35)51)49-38-16-4-9-19-43(38)52-50(53-49)55-46-22-12-7-17-39(46)48-40-30-33(26-23-31(40)25-28-47(48)55)54-44-20-10-5-14-36(44)37-15-6-11-21-45(37)54;1-2-13-31(14-3-1)45-34-16-6-9-19-38(34)47-46(48-45)50-40-21-11-8-18-36(40)44-37-28-32(25-22-30(37)24-27-42(44)50)49-39-20-10-7-17-35(39)43-33-15-5-4-12-29(33)23-26-41(43)49;1-3-11-29-25(9-1)18-21-36-38(29)30-12-4-7-15-34(30)43(36)28-20-17-26-19-22-37-39(32(26)23-28)31-13-5-8-16-35(31)44(37)40-41-24-27-10-2-6-14-33(27)42-40/h3-30H,1-2H3;1-28H;1-24H. The van der Waals surface area contributed by atoms with Gasteiger partial charge in [0.15, 0.2) is 0 Å². The van der Waals surface area contributed by atoms with E-state index >= 15 is 0 Å². The summed E-state index contributed by atoms with van der Waals surface area (Å²) in [7, 11) is 0. The summed E-state index contributed by atoms with van der Waals surface area (Å²) >= 11 is 0. The highest BCUT2D eigenvalue weighted by Crippen LogP contribution is 2.52. The predicted molar refractivity (Wildman–Crippen MR) is 621 cm³/mol. The van der Waals surface area contributed by atoms with Gasteiger partial charge in [0.1, 0.15) is 0 Å². The summed E-state index contributed by atoms with van der Waals surface area (Å²) in [6.07, 6.45) is 1.92. The molecule has 9 aromatic heterocycles. The molecule has 149 heavy (non-hydrogen) atoms. The van der Waals surface area contributed by atoms with Crippen molar-refractivity contribution in [2.75, 3.05) is 0 Å². The summed E-state index contributed by atoms with van der Waals surface area (Å²) in [5.41, 5.74) is 29.2. The molecular weight excluding hydrogens is 1810 g/mol. The first kappa shape index (κ1) is 83.8. The monoisotopic (exact) mass is 1900 g/mol. The number of para-hydroxylation sites is 10. The van der Waals surface area contributed by atoms with E-state index in [1.807, 2.05) is 36.5 Å². The summed E-state index contributed by atoms with van der Waals surface area (Å²) in [5.74, 6) is 2.01. The number of fused-ring (bicyclic) bond motifs is 34. The quantitative estimate of drug-likeness (QED) is 0.150. The molecule has 0 unspecified atom stereocenters. The van der Waals surface area contributed by atoms with Crippen LogP contribution in [0.5, 0.6) is 0 Å². The summed E-state index contributed by atoms with van der Waals surface area (Å²) < 4.78 is 13.9. The zero-order valence-corrected chi connectivity index (χ0v) is 81.1. The maximum absolute atomic E-state index is 5.49. The molecule has 694 valence electrons. The highest BCUT2D eigenvalue weighted by Gasteiger charge is 2.36. The summed E-state index contributed by atoms with van der Waals surface area (Å²) in [6.45, 7) is 4.67. The molecule has 0 radical (unpaired) electrons. The minimum absolute atomic E-state index is 0.112. The van der Waals surface area contributed by atoms with Gasteiger partial charge in [0, 0.05) is 121 Å². The Kier molecular flexibility index (Phi) is 18.3. The number of hydrogen-bond acceptors (Lipinski definition) is 6. The van der Waals surface area contributed by atoms with Crippen LogP contribution >= 0.6 is 0 Å². The lowest BCUT2D eigenvalue weighted by molar-refractivity contribution is 0.660. The van der Waals surface area contributed by atoms with Crippen LogP contribution in [0.2, 0.25) is 0 Å². The van der Waals surface area contributed by atoms with Crippen molar-refractivity contribution in [2.45, 2.75) is 19.3 Å². The van der Waals surface area contributed by atoms with E-state index < -0.39 is 0 Å². The van der Waals surface area contributed by atoms with Crippen molar-refractivity contribution in [1.82, 2.24) is 57.3 Å². The second-order valence-corrected chi connectivity index (χ2v) is 39.9. The lowest BCUT2D eigenvalue weighted by atomic mass is 9.82. The number of hydrogen-bond donors (Lipinski definition) is 0. The average Bonchev–Trinajstić information content (AvgIpc) is 1.56. The van der Waals surface area contributed by atoms with Gasteiger partial charge in [0.25, 0.3) is 0 Å². The lowest BCUT2D eigenvalue weighted by Gasteiger charge is -2.22. The van der Waals surface area contributed by atoms with Crippen molar-refractivity contribution in [3.63, 3.8) is 0 Å². The third kappa shape index (κ3) is 12.7. The van der Waals surface area contributed by atoms with Gasteiger partial charge in [-0.3, -0.25) is 13.7 Å². The minimum atomic E-state index is -0.112. The first-order chi connectivity index (χ1) is 73.7. The smallest absolute Gasteiger partial charge is 0.235 e. The summed E-state index contributed by atoms with van der Waals surface area (Å²) in [5, 5.41) is 30.2. The van der Waals surface area contributed by atoms with Crippen molar-refractivity contribution in [1.29, 1.82) is 0 Å². The van der Waals surface area contributed by atoms with E-state index in [9.17, 15) is 0 Å². The molecule has 9 heterocycles. The van der Waals surface area contributed by atoms with Crippen molar-refractivity contribution in [3.05, 3.63) is 497 Å². The molecule has 33 rings (SSSR count). The van der Waals surface area contributed by atoms with Crippen molar-refractivity contribution in [3.8, 4) is 68.5 Å². The zero-order chi connectivity index (χ0) is 98.0. The molecule has 0 aliphatic heterocycles. The lowest BCUT2D eigenvalue weighted by Crippen LogP contribution is -2.15. The van der Waals surface area contributed by atoms with Gasteiger partial charge in [-0.25, -0.2) is 29.9 Å². The number of nitrogens with zero attached hydrogens (tertiary/aromatic N) is 12. The van der Waals surface area contributed by atoms with Gasteiger partial charge in [0.05, 0.1) is 94.1 Å². The van der Waals surface area contributed by atoms with Gasteiger partial charge in [-0.15, -0.1) is 0 Å².